The van der Waals surface area contributed by atoms with E-state index in [4.69, 9.17) is 9.47 Å². The largest absolute Gasteiger partial charge is 0.453 e. The molecular formula is C15H18BrFN2O4. The second kappa shape index (κ2) is 6.35. The average Bonchev–Trinajstić information content (AvgIpc) is 2.81. The molecule has 0 aromatic heterocycles. The third-order valence-electron chi connectivity index (χ3n) is 3.39. The second-order valence-electron chi connectivity index (χ2n) is 6.06. The maximum atomic E-state index is 13.7. The van der Waals surface area contributed by atoms with E-state index in [9.17, 15) is 14.0 Å². The Morgan fingerprint density at radius 2 is 2.13 bits per heavy atom. The molecule has 1 heterocycles. The molecule has 2 amide bonds. The molecule has 1 aliphatic heterocycles. The van der Waals surface area contributed by atoms with Gasteiger partial charge in [-0.25, -0.2) is 14.0 Å². The highest BCUT2D eigenvalue weighted by molar-refractivity contribution is 9.10. The van der Waals surface area contributed by atoms with Crippen LogP contribution >= 0.6 is 15.9 Å². The van der Waals surface area contributed by atoms with Gasteiger partial charge >= 0.3 is 12.2 Å². The Hall–Kier alpha value is -1.83. The summed E-state index contributed by atoms with van der Waals surface area (Å²) in [6.45, 7) is 5.51. The van der Waals surface area contributed by atoms with Crippen molar-refractivity contribution in [3.63, 3.8) is 0 Å². The molecule has 1 aromatic carbocycles. The minimum absolute atomic E-state index is 0.0896. The van der Waals surface area contributed by atoms with Crippen LogP contribution in [-0.4, -0.2) is 42.5 Å². The summed E-state index contributed by atoms with van der Waals surface area (Å²) in [5.41, 5.74) is -0.254. The quantitative estimate of drug-likeness (QED) is 0.774. The molecule has 23 heavy (non-hydrogen) atoms. The molecule has 0 saturated carbocycles. The van der Waals surface area contributed by atoms with Crippen molar-refractivity contribution in [1.82, 2.24) is 4.90 Å². The van der Waals surface area contributed by atoms with Crippen LogP contribution in [0.25, 0.3) is 0 Å². The van der Waals surface area contributed by atoms with Crippen molar-refractivity contribution in [2.75, 3.05) is 18.6 Å². The lowest BCUT2D eigenvalue weighted by molar-refractivity contribution is -0.0222. The Kier molecular flexibility index (Phi) is 4.84. The van der Waals surface area contributed by atoms with E-state index in [-0.39, 0.29) is 6.54 Å². The number of hydrogen-bond donors (Lipinski definition) is 0. The molecule has 2 rings (SSSR count). The number of rotatable bonds is 2. The maximum absolute atomic E-state index is 13.7. The Morgan fingerprint density at radius 3 is 2.65 bits per heavy atom. The zero-order valence-electron chi connectivity index (χ0n) is 13.3. The van der Waals surface area contributed by atoms with Gasteiger partial charge in [0.15, 0.2) is 0 Å². The molecule has 0 spiro atoms. The van der Waals surface area contributed by atoms with E-state index in [1.54, 1.807) is 26.8 Å². The van der Waals surface area contributed by atoms with Gasteiger partial charge in [0.05, 0.1) is 23.8 Å². The van der Waals surface area contributed by atoms with Crippen LogP contribution in [0.15, 0.2) is 22.7 Å². The molecule has 0 radical (unpaired) electrons. The number of amides is 2. The van der Waals surface area contributed by atoms with Gasteiger partial charge in [-0.15, -0.1) is 0 Å². The van der Waals surface area contributed by atoms with Crippen molar-refractivity contribution in [3.05, 3.63) is 28.5 Å². The van der Waals surface area contributed by atoms with Gasteiger partial charge in [-0.05, 0) is 54.9 Å². The van der Waals surface area contributed by atoms with Gasteiger partial charge < -0.3 is 9.47 Å². The Labute approximate surface area is 142 Å². The smallest absolute Gasteiger partial charge is 0.416 e. The minimum Gasteiger partial charge on any atom is -0.453 e. The van der Waals surface area contributed by atoms with Gasteiger partial charge in [-0.2, -0.15) is 0 Å². The van der Waals surface area contributed by atoms with Crippen molar-refractivity contribution >= 4 is 33.8 Å². The summed E-state index contributed by atoms with van der Waals surface area (Å²) in [5.74, 6) is -0.487. The minimum atomic E-state index is -0.818. The highest BCUT2D eigenvalue weighted by Crippen LogP contribution is 2.29. The van der Waals surface area contributed by atoms with Crippen LogP contribution in [0.3, 0.4) is 0 Å². The first kappa shape index (κ1) is 17.5. The molecule has 0 aliphatic carbocycles. The van der Waals surface area contributed by atoms with Crippen LogP contribution < -0.4 is 4.90 Å². The van der Waals surface area contributed by atoms with E-state index in [0.29, 0.717) is 10.2 Å². The number of nitrogens with zero attached hydrogens (tertiary/aromatic N) is 2. The number of halogens is 2. The molecule has 8 heteroatoms. The van der Waals surface area contributed by atoms with Crippen molar-refractivity contribution in [1.29, 1.82) is 0 Å². The normalized spacial score (nSPS) is 17.9. The summed E-state index contributed by atoms with van der Waals surface area (Å²) in [6, 6.07) is 4.33. The van der Waals surface area contributed by atoms with Gasteiger partial charge in [0.1, 0.15) is 5.82 Å². The first-order valence-corrected chi connectivity index (χ1v) is 7.75. The highest BCUT2D eigenvalue weighted by Gasteiger charge is 2.43. The lowest BCUT2D eigenvalue weighted by Crippen LogP contribution is -2.53. The highest BCUT2D eigenvalue weighted by atomic mass is 79.9. The van der Waals surface area contributed by atoms with E-state index in [1.807, 2.05) is 0 Å². The van der Waals surface area contributed by atoms with Gasteiger partial charge in [0.25, 0.3) is 0 Å². The number of methoxy groups -OCH3 is 1. The van der Waals surface area contributed by atoms with Crippen LogP contribution in [-0.2, 0) is 9.47 Å². The summed E-state index contributed by atoms with van der Waals surface area (Å²) >= 11 is 3.06. The lowest BCUT2D eigenvalue weighted by Gasteiger charge is -2.37. The van der Waals surface area contributed by atoms with Crippen molar-refractivity contribution < 1.29 is 23.5 Å². The first-order chi connectivity index (χ1) is 10.6. The molecule has 6 nitrogen and oxygen atoms in total. The number of anilines is 1. The summed E-state index contributed by atoms with van der Waals surface area (Å²) in [6.07, 6.45) is -2.06. The van der Waals surface area contributed by atoms with Crippen LogP contribution in [0.5, 0.6) is 0 Å². The van der Waals surface area contributed by atoms with Crippen molar-refractivity contribution in [2.24, 2.45) is 0 Å². The van der Waals surface area contributed by atoms with Gasteiger partial charge in [0.2, 0.25) is 6.23 Å². The molecule has 0 bridgehead atoms. The number of hydrogen-bond acceptors (Lipinski definition) is 4. The average molecular weight is 389 g/mol. The van der Waals surface area contributed by atoms with Crippen molar-refractivity contribution in [3.8, 4) is 0 Å². The van der Waals surface area contributed by atoms with E-state index in [0.717, 1.165) is 0 Å². The maximum Gasteiger partial charge on any atom is 0.416 e. The first-order valence-electron chi connectivity index (χ1n) is 6.95. The van der Waals surface area contributed by atoms with Crippen LogP contribution in [0.1, 0.15) is 20.8 Å². The number of ether oxygens (including phenoxy) is 2. The number of benzene rings is 1. The predicted molar refractivity (Wildman–Crippen MR) is 85.7 cm³/mol. The topological polar surface area (TPSA) is 59.1 Å². The van der Waals surface area contributed by atoms with Crippen LogP contribution in [0.2, 0.25) is 0 Å². The number of cyclic esters (lactones) is 1. The second-order valence-corrected chi connectivity index (χ2v) is 6.91. The summed E-state index contributed by atoms with van der Waals surface area (Å²) in [4.78, 5) is 26.8. The third-order valence-corrected chi connectivity index (χ3v) is 4.04. The standard InChI is InChI=1S/C15H18BrFN2O4/c1-15(2,3)19(14(21)22-4)12-8-18(13(20)23-12)9-5-6-10(16)11(17)7-9/h5-7,12H,8H2,1-4H3/t12-/m0/s1. The molecule has 0 N–H and O–H groups in total. The van der Waals surface area contributed by atoms with Crippen LogP contribution in [0, 0.1) is 5.82 Å². The zero-order valence-corrected chi connectivity index (χ0v) is 14.9. The predicted octanol–water partition coefficient (Wildman–Crippen LogP) is 3.74. The summed E-state index contributed by atoms with van der Waals surface area (Å²) in [7, 11) is 1.26. The molecule has 1 saturated heterocycles. The lowest BCUT2D eigenvalue weighted by atomic mass is 10.1. The van der Waals surface area contributed by atoms with E-state index in [1.165, 1.54) is 29.0 Å². The Bertz CT molecular complexity index is 632. The zero-order chi connectivity index (χ0) is 17.4. The van der Waals surface area contributed by atoms with Crippen molar-refractivity contribution in [2.45, 2.75) is 32.5 Å². The monoisotopic (exact) mass is 388 g/mol. The third kappa shape index (κ3) is 3.57. The van der Waals surface area contributed by atoms with Gasteiger partial charge in [-0.3, -0.25) is 9.80 Å². The van der Waals surface area contributed by atoms with Crippen LogP contribution in [0.4, 0.5) is 19.7 Å². The molecule has 126 valence electrons. The fourth-order valence-corrected chi connectivity index (χ4v) is 2.61. The van der Waals surface area contributed by atoms with Gasteiger partial charge in [-0.1, -0.05) is 0 Å². The fraction of sp³-hybridized carbons (Fsp3) is 0.467. The number of carbonyl (C=O) groups excluding carboxylic acids is 2. The van der Waals surface area contributed by atoms with E-state index < -0.39 is 29.8 Å². The molecule has 1 fully saturated rings. The number of carbonyl (C=O) groups is 2. The molecular weight excluding hydrogens is 371 g/mol. The fourth-order valence-electron chi connectivity index (χ4n) is 2.37. The Morgan fingerprint density at radius 1 is 1.48 bits per heavy atom. The molecule has 1 atom stereocenters. The SMILES string of the molecule is COC(=O)N([C@@H]1CN(c2ccc(Br)c(F)c2)C(=O)O1)C(C)(C)C. The molecule has 1 aliphatic rings. The summed E-state index contributed by atoms with van der Waals surface area (Å²) < 4.78 is 24.0. The van der Waals surface area contributed by atoms with E-state index in [2.05, 4.69) is 15.9 Å². The van der Waals surface area contributed by atoms with E-state index >= 15 is 0 Å². The molecule has 0 unspecified atom stereocenters. The molecule has 1 aromatic rings. The Balaban J connectivity index is 2.27. The summed E-state index contributed by atoms with van der Waals surface area (Å²) in [5, 5.41) is 0. The van der Waals surface area contributed by atoms with Gasteiger partial charge in [0, 0.05) is 5.54 Å².